The Morgan fingerprint density at radius 3 is 2.90 bits per heavy atom. The number of rotatable bonds is 4. The van der Waals surface area contributed by atoms with Crippen molar-refractivity contribution >= 4 is 17.5 Å². The predicted molar refractivity (Wildman–Crippen MR) is 107 cm³/mol. The first-order chi connectivity index (χ1) is 14.6. The number of carbonyl (C=O) groups excluding carboxylic acids is 1. The maximum atomic E-state index is 14.1. The van der Waals surface area contributed by atoms with E-state index in [1.807, 2.05) is 5.01 Å². The molecule has 2 fully saturated rings. The Balaban J connectivity index is 1.35. The number of hydrogen-bond donors (Lipinski definition) is 3. The number of nitrogens with zero attached hydrogens (tertiary/aromatic N) is 3. The molecule has 5 rings (SSSR count). The highest BCUT2D eigenvalue weighted by molar-refractivity contribution is 6.31. The molecule has 30 heavy (non-hydrogen) atoms. The minimum atomic E-state index is -0.410. The lowest BCUT2D eigenvalue weighted by Gasteiger charge is -2.38. The number of hydrogen-bond acceptors (Lipinski definition) is 7. The van der Waals surface area contributed by atoms with E-state index in [1.165, 1.54) is 6.07 Å². The molecule has 0 radical (unpaired) electrons. The molecule has 0 aliphatic carbocycles. The minimum Gasteiger partial charge on any atom is -0.424 e. The van der Waals surface area contributed by atoms with Crippen LogP contribution in [0, 0.1) is 11.7 Å². The maximum absolute atomic E-state index is 14.1. The number of benzene rings is 1. The number of amides is 1. The fraction of sp³-hybridized carbons (Fsp3) is 0.450. The smallest absolute Gasteiger partial charge is 0.247 e. The van der Waals surface area contributed by atoms with Crippen molar-refractivity contribution in [3.63, 3.8) is 0 Å². The Morgan fingerprint density at radius 1 is 1.27 bits per heavy atom. The molecule has 2 unspecified atom stereocenters. The van der Waals surface area contributed by atoms with Crippen LogP contribution in [0.4, 0.5) is 4.39 Å². The Kier molecular flexibility index (Phi) is 5.18. The second kappa shape index (κ2) is 7.98. The second-order valence-electron chi connectivity index (χ2n) is 7.80. The van der Waals surface area contributed by atoms with Gasteiger partial charge in [-0.25, -0.2) is 9.82 Å². The average molecular weight is 433 g/mol. The van der Waals surface area contributed by atoms with Crippen LogP contribution in [0.15, 0.2) is 34.4 Å². The van der Waals surface area contributed by atoms with Crippen LogP contribution in [0.1, 0.15) is 36.1 Å². The molecule has 8 nitrogen and oxygen atoms in total. The SMILES string of the molecule is O=C1C=C(C2CCNCC2)N2NCC(c3nnc(Cc4c(F)cccc4Cl)o3)C2N1. The number of carbonyl (C=O) groups is 1. The van der Waals surface area contributed by atoms with Gasteiger partial charge in [-0.2, -0.15) is 0 Å². The molecule has 0 bridgehead atoms. The van der Waals surface area contributed by atoms with Crippen molar-refractivity contribution in [1.82, 2.24) is 31.3 Å². The zero-order valence-corrected chi connectivity index (χ0v) is 17.0. The largest absolute Gasteiger partial charge is 0.424 e. The zero-order chi connectivity index (χ0) is 20.7. The van der Waals surface area contributed by atoms with Gasteiger partial charge in [0.25, 0.3) is 0 Å². The first-order valence-electron chi connectivity index (χ1n) is 10.1. The maximum Gasteiger partial charge on any atom is 0.247 e. The van der Waals surface area contributed by atoms with Crippen molar-refractivity contribution in [2.75, 3.05) is 19.6 Å². The first kappa shape index (κ1) is 19.5. The molecule has 0 saturated carbocycles. The van der Waals surface area contributed by atoms with Crippen LogP contribution >= 0.6 is 11.6 Å². The zero-order valence-electron chi connectivity index (χ0n) is 16.2. The van der Waals surface area contributed by atoms with Gasteiger partial charge in [0, 0.05) is 34.8 Å². The van der Waals surface area contributed by atoms with Gasteiger partial charge < -0.3 is 15.1 Å². The second-order valence-corrected chi connectivity index (χ2v) is 8.20. The minimum absolute atomic E-state index is 0.111. The molecule has 1 aromatic carbocycles. The number of allylic oxidation sites excluding steroid dienone is 1. The fourth-order valence-corrected chi connectivity index (χ4v) is 4.62. The lowest BCUT2D eigenvalue weighted by Crippen LogP contribution is -2.53. The van der Waals surface area contributed by atoms with Crippen molar-refractivity contribution in [2.45, 2.75) is 31.3 Å². The molecule has 2 saturated heterocycles. The van der Waals surface area contributed by atoms with E-state index in [9.17, 15) is 9.18 Å². The molecule has 4 heterocycles. The third-order valence-electron chi connectivity index (χ3n) is 5.93. The van der Waals surface area contributed by atoms with Gasteiger partial charge in [-0.15, -0.1) is 10.2 Å². The summed E-state index contributed by atoms with van der Waals surface area (Å²) in [6.45, 7) is 2.43. The van der Waals surface area contributed by atoms with E-state index in [4.69, 9.17) is 16.0 Å². The van der Waals surface area contributed by atoms with Crippen LogP contribution in [-0.4, -0.2) is 46.9 Å². The molecule has 1 aromatic heterocycles. The first-order valence-corrected chi connectivity index (χ1v) is 10.5. The molecule has 2 atom stereocenters. The molecule has 2 aromatic rings. The Labute approximate surface area is 177 Å². The van der Waals surface area contributed by atoms with Crippen molar-refractivity contribution in [3.05, 3.63) is 58.2 Å². The molecular weight excluding hydrogens is 411 g/mol. The van der Waals surface area contributed by atoms with E-state index in [1.54, 1.807) is 18.2 Å². The van der Waals surface area contributed by atoms with E-state index >= 15 is 0 Å². The Bertz CT molecular complexity index is 969. The summed E-state index contributed by atoms with van der Waals surface area (Å²) in [6.07, 6.45) is 3.46. The quantitative estimate of drug-likeness (QED) is 0.676. The Hall–Kier alpha value is -2.49. The van der Waals surface area contributed by atoms with Gasteiger partial charge >= 0.3 is 0 Å². The third-order valence-corrected chi connectivity index (χ3v) is 6.29. The van der Waals surface area contributed by atoms with Crippen molar-refractivity contribution in [1.29, 1.82) is 0 Å². The predicted octanol–water partition coefficient (Wildman–Crippen LogP) is 1.70. The lowest BCUT2D eigenvalue weighted by atomic mass is 9.92. The van der Waals surface area contributed by atoms with E-state index in [2.05, 4.69) is 26.3 Å². The molecule has 158 valence electrons. The van der Waals surface area contributed by atoms with Gasteiger partial charge in [0.2, 0.25) is 17.7 Å². The summed E-state index contributed by atoms with van der Waals surface area (Å²) in [5, 5.41) is 17.0. The van der Waals surface area contributed by atoms with E-state index in [0.29, 0.717) is 28.9 Å². The van der Waals surface area contributed by atoms with Gasteiger partial charge in [-0.3, -0.25) is 9.80 Å². The molecule has 3 N–H and O–H groups in total. The molecule has 0 spiro atoms. The molecule has 10 heteroatoms. The molecule has 1 amide bonds. The van der Waals surface area contributed by atoms with Crippen molar-refractivity contribution in [2.24, 2.45) is 5.92 Å². The number of piperidine rings is 1. The number of halogens is 2. The van der Waals surface area contributed by atoms with E-state index in [-0.39, 0.29) is 30.3 Å². The molecule has 3 aliphatic rings. The number of fused-ring (bicyclic) bond motifs is 1. The van der Waals surface area contributed by atoms with Crippen molar-refractivity contribution in [3.8, 4) is 0 Å². The van der Waals surface area contributed by atoms with Crippen LogP contribution in [0.2, 0.25) is 5.02 Å². The summed E-state index contributed by atoms with van der Waals surface area (Å²) >= 11 is 6.11. The van der Waals surface area contributed by atoms with Crippen molar-refractivity contribution < 1.29 is 13.6 Å². The van der Waals surface area contributed by atoms with Crippen LogP contribution in [0.5, 0.6) is 0 Å². The summed E-state index contributed by atoms with van der Waals surface area (Å²) in [7, 11) is 0. The summed E-state index contributed by atoms with van der Waals surface area (Å²) in [4.78, 5) is 12.4. The third kappa shape index (κ3) is 3.57. The van der Waals surface area contributed by atoms with Gasteiger partial charge in [0.1, 0.15) is 12.0 Å². The highest BCUT2D eigenvalue weighted by Gasteiger charge is 2.44. The molecule has 3 aliphatic heterocycles. The Morgan fingerprint density at radius 2 is 2.10 bits per heavy atom. The van der Waals surface area contributed by atoms with Gasteiger partial charge in [-0.1, -0.05) is 17.7 Å². The summed E-state index contributed by atoms with van der Waals surface area (Å²) in [5.74, 6) is 0.281. The van der Waals surface area contributed by atoms with Gasteiger partial charge in [-0.05, 0) is 38.1 Å². The van der Waals surface area contributed by atoms with E-state index in [0.717, 1.165) is 31.6 Å². The highest BCUT2D eigenvalue weighted by Crippen LogP contribution is 2.34. The summed E-state index contributed by atoms with van der Waals surface area (Å²) in [6, 6.07) is 4.53. The summed E-state index contributed by atoms with van der Waals surface area (Å²) in [5.41, 5.74) is 4.70. The lowest BCUT2D eigenvalue weighted by molar-refractivity contribution is -0.119. The van der Waals surface area contributed by atoms with Crippen LogP contribution in [0.25, 0.3) is 0 Å². The monoisotopic (exact) mass is 432 g/mol. The average Bonchev–Trinajstić information content (AvgIpc) is 3.37. The van der Waals surface area contributed by atoms with Crippen LogP contribution in [-0.2, 0) is 11.2 Å². The van der Waals surface area contributed by atoms with Crippen LogP contribution in [0.3, 0.4) is 0 Å². The van der Waals surface area contributed by atoms with E-state index < -0.39 is 5.82 Å². The fourth-order valence-electron chi connectivity index (χ4n) is 4.39. The topological polar surface area (TPSA) is 95.3 Å². The van der Waals surface area contributed by atoms with Gasteiger partial charge in [0.05, 0.1) is 12.3 Å². The highest BCUT2D eigenvalue weighted by atomic mass is 35.5. The normalized spacial score (nSPS) is 24.5. The number of hydrazine groups is 1. The van der Waals surface area contributed by atoms with Crippen LogP contribution < -0.4 is 16.1 Å². The number of nitrogens with one attached hydrogen (secondary N) is 3. The standard InChI is InChI=1S/C20H22ClFN6O2/c21-14-2-1-3-15(22)12(14)8-18-26-27-20(30-18)13-10-24-28-16(9-17(29)25-19(13)28)11-4-6-23-7-5-11/h1-3,9,11,13,19,23-24H,4-8,10H2,(H,25,29). The molecular formula is C20H22ClFN6O2. The van der Waals surface area contributed by atoms with Gasteiger partial charge in [0.15, 0.2) is 0 Å². The number of aromatic nitrogens is 2. The summed E-state index contributed by atoms with van der Waals surface area (Å²) < 4.78 is 19.9.